The molecule has 1 aromatic carbocycles. The van der Waals surface area contributed by atoms with Crippen LogP contribution in [0.3, 0.4) is 0 Å². The Kier molecular flexibility index (Phi) is 3.45. The van der Waals surface area contributed by atoms with E-state index in [1.807, 2.05) is 12.4 Å². The molecule has 0 unspecified atom stereocenters. The number of aromatic nitrogens is 3. The molecule has 0 fully saturated rings. The van der Waals surface area contributed by atoms with Gasteiger partial charge in [-0.1, -0.05) is 12.1 Å². The Morgan fingerprint density at radius 1 is 1.15 bits per heavy atom. The van der Waals surface area contributed by atoms with Gasteiger partial charge in [-0.3, -0.25) is 4.98 Å². The molecule has 0 atom stereocenters. The number of nitrogens with zero attached hydrogens (tertiary/aromatic N) is 3. The Morgan fingerprint density at radius 3 is 2.75 bits per heavy atom. The maximum atomic E-state index is 6.07. The molecule has 0 saturated heterocycles. The molecule has 0 amide bonds. The van der Waals surface area contributed by atoms with Crippen LogP contribution in [-0.2, 0) is 12.4 Å². The van der Waals surface area contributed by atoms with E-state index < -0.39 is 0 Å². The standard InChI is InChI=1S/C16H16ClN3/c1-11-4-3-5-14-16(11)19-15(8-17)20(14)10-13-6-7-18-9-12(13)2/h3-7,9H,8,10H2,1-2H3. The van der Waals surface area contributed by atoms with Gasteiger partial charge in [-0.15, -0.1) is 11.6 Å². The first-order valence-corrected chi connectivity index (χ1v) is 7.14. The Labute approximate surface area is 123 Å². The minimum Gasteiger partial charge on any atom is -0.322 e. The third-order valence-corrected chi connectivity index (χ3v) is 3.88. The van der Waals surface area contributed by atoms with Crippen LogP contribution in [0, 0.1) is 13.8 Å². The van der Waals surface area contributed by atoms with Crippen molar-refractivity contribution in [1.29, 1.82) is 0 Å². The first kappa shape index (κ1) is 13.1. The molecule has 0 saturated carbocycles. The Morgan fingerprint density at radius 2 is 2.00 bits per heavy atom. The zero-order valence-electron chi connectivity index (χ0n) is 11.6. The Bertz CT molecular complexity index is 762. The number of hydrogen-bond donors (Lipinski definition) is 0. The predicted molar refractivity (Wildman–Crippen MR) is 82.1 cm³/mol. The van der Waals surface area contributed by atoms with E-state index in [9.17, 15) is 0 Å². The molecule has 2 aromatic heterocycles. The fourth-order valence-corrected chi connectivity index (χ4v) is 2.67. The molecule has 2 heterocycles. The third kappa shape index (κ3) is 2.18. The van der Waals surface area contributed by atoms with Gasteiger partial charge in [0.2, 0.25) is 0 Å². The monoisotopic (exact) mass is 285 g/mol. The molecule has 3 nitrogen and oxygen atoms in total. The molecule has 20 heavy (non-hydrogen) atoms. The van der Waals surface area contributed by atoms with Gasteiger partial charge in [0, 0.05) is 18.9 Å². The number of rotatable bonds is 3. The van der Waals surface area contributed by atoms with Gasteiger partial charge < -0.3 is 4.57 Å². The van der Waals surface area contributed by atoms with E-state index in [0.717, 1.165) is 23.4 Å². The van der Waals surface area contributed by atoms with Crippen molar-refractivity contribution in [1.82, 2.24) is 14.5 Å². The molecular formula is C16H16ClN3. The number of fused-ring (bicyclic) bond motifs is 1. The van der Waals surface area contributed by atoms with Crippen LogP contribution >= 0.6 is 11.6 Å². The van der Waals surface area contributed by atoms with Gasteiger partial charge in [-0.2, -0.15) is 0 Å². The number of alkyl halides is 1. The van der Waals surface area contributed by atoms with Gasteiger partial charge in [0.1, 0.15) is 5.82 Å². The maximum absolute atomic E-state index is 6.07. The number of aryl methyl sites for hydroxylation is 2. The molecule has 0 aliphatic carbocycles. The second-order valence-corrected chi connectivity index (χ2v) is 5.26. The summed E-state index contributed by atoms with van der Waals surface area (Å²) >= 11 is 6.07. The Hall–Kier alpha value is -1.87. The van der Waals surface area contributed by atoms with Gasteiger partial charge >= 0.3 is 0 Å². The fraction of sp³-hybridized carbons (Fsp3) is 0.250. The fourth-order valence-electron chi connectivity index (χ4n) is 2.46. The van der Waals surface area contributed by atoms with Gasteiger partial charge in [0.15, 0.2) is 0 Å². The highest BCUT2D eigenvalue weighted by Gasteiger charge is 2.12. The highest BCUT2D eigenvalue weighted by Crippen LogP contribution is 2.22. The molecular weight excluding hydrogens is 270 g/mol. The first-order chi connectivity index (χ1) is 9.70. The van der Waals surface area contributed by atoms with E-state index in [-0.39, 0.29) is 0 Å². The molecule has 3 rings (SSSR count). The van der Waals surface area contributed by atoms with Crippen LogP contribution in [0.5, 0.6) is 0 Å². The number of imidazole rings is 1. The van der Waals surface area contributed by atoms with Crippen LogP contribution in [0.2, 0.25) is 0 Å². The summed E-state index contributed by atoms with van der Waals surface area (Å²) in [5.74, 6) is 1.32. The maximum Gasteiger partial charge on any atom is 0.125 e. The number of pyridine rings is 1. The summed E-state index contributed by atoms with van der Waals surface area (Å²) in [4.78, 5) is 8.81. The topological polar surface area (TPSA) is 30.7 Å². The van der Waals surface area contributed by atoms with Crippen molar-refractivity contribution in [2.75, 3.05) is 0 Å². The van der Waals surface area contributed by atoms with Gasteiger partial charge in [0.25, 0.3) is 0 Å². The summed E-state index contributed by atoms with van der Waals surface area (Å²) in [7, 11) is 0. The van der Waals surface area contributed by atoms with Crippen LogP contribution in [0.25, 0.3) is 11.0 Å². The number of hydrogen-bond acceptors (Lipinski definition) is 2. The minimum atomic E-state index is 0.415. The van der Waals surface area contributed by atoms with Crippen molar-refractivity contribution in [3.63, 3.8) is 0 Å². The highest BCUT2D eigenvalue weighted by atomic mass is 35.5. The number of benzene rings is 1. The van der Waals surface area contributed by atoms with E-state index in [4.69, 9.17) is 11.6 Å². The van der Waals surface area contributed by atoms with Crippen LogP contribution in [0.1, 0.15) is 22.5 Å². The lowest BCUT2D eigenvalue weighted by atomic mass is 10.1. The van der Waals surface area contributed by atoms with Crippen LogP contribution in [0.15, 0.2) is 36.7 Å². The smallest absolute Gasteiger partial charge is 0.125 e. The van der Waals surface area contributed by atoms with Crippen molar-refractivity contribution < 1.29 is 0 Å². The first-order valence-electron chi connectivity index (χ1n) is 6.61. The molecule has 3 aromatic rings. The largest absolute Gasteiger partial charge is 0.322 e. The van der Waals surface area contributed by atoms with E-state index in [2.05, 4.69) is 52.6 Å². The van der Waals surface area contributed by atoms with Gasteiger partial charge in [-0.05, 0) is 42.7 Å². The highest BCUT2D eigenvalue weighted by molar-refractivity contribution is 6.16. The van der Waals surface area contributed by atoms with Crippen molar-refractivity contribution >= 4 is 22.6 Å². The zero-order valence-corrected chi connectivity index (χ0v) is 12.4. The molecule has 0 aliphatic heterocycles. The summed E-state index contributed by atoms with van der Waals surface area (Å²) < 4.78 is 2.19. The molecule has 4 heteroatoms. The molecule has 0 aliphatic rings. The summed E-state index contributed by atoms with van der Waals surface area (Å²) in [6, 6.07) is 8.29. The average Bonchev–Trinajstić information content (AvgIpc) is 2.81. The SMILES string of the molecule is Cc1cnccc1Cn1c(CCl)nc2c(C)cccc21. The molecule has 0 bridgehead atoms. The van der Waals surface area contributed by atoms with E-state index >= 15 is 0 Å². The summed E-state index contributed by atoms with van der Waals surface area (Å²) in [6.07, 6.45) is 3.72. The average molecular weight is 286 g/mol. The molecule has 0 spiro atoms. The van der Waals surface area contributed by atoms with E-state index in [1.165, 1.54) is 16.7 Å². The lowest BCUT2D eigenvalue weighted by molar-refractivity contribution is 0.772. The summed E-state index contributed by atoms with van der Waals surface area (Å²) in [5.41, 5.74) is 5.78. The van der Waals surface area contributed by atoms with E-state index in [1.54, 1.807) is 0 Å². The van der Waals surface area contributed by atoms with Crippen LogP contribution < -0.4 is 0 Å². The third-order valence-electron chi connectivity index (χ3n) is 3.64. The predicted octanol–water partition coefficient (Wildman–Crippen LogP) is 3.84. The second-order valence-electron chi connectivity index (χ2n) is 4.99. The lowest BCUT2D eigenvalue weighted by Crippen LogP contribution is -2.05. The van der Waals surface area contributed by atoms with Crippen molar-refractivity contribution in [2.24, 2.45) is 0 Å². The van der Waals surface area contributed by atoms with Crippen LogP contribution in [-0.4, -0.2) is 14.5 Å². The second kappa shape index (κ2) is 5.25. The lowest BCUT2D eigenvalue weighted by Gasteiger charge is -2.10. The minimum absolute atomic E-state index is 0.415. The summed E-state index contributed by atoms with van der Waals surface area (Å²) in [5, 5.41) is 0. The normalized spacial score (nSPS) is 11.2. The summed E-state index contributed by atoms with van der Waals surface area (Å²) in [6.45, 7) is 4.93. The molecule has 0 N–H and O–H groups in total. The van der Waals surface area contributed by atoms with Crippen molar-refractivity contribution in [3.05, 3.63) is 59.2 Å². The zero-order chi connectivity index (χ0) is 14.1. The quantitative estimate of drug-likeness (QED) is 0.685. The molecule has 102 valence electrons. The van der Waals surface area contributed by atoms with Crippen molar-refractivity contribution in [3.8, 4) is 0 Å². The van der Waals surface area contributed by atoms with Crippen molar-refractivity contribution in [2.45, 2.75) is 26.3 Å². The van der Waals surface area contributed by atoms with Gasteiger partial charge in [-0.25, -0.2) is 4.98 Å². The van der Waals surface area contributed by atoms with Crippen LogP contribution in [0.4, 0.5) is 0 Å². The molecule has 0 radical (unpaired) electrons. The number of para-hydroxylation sites is 1. The van der Waals surface area contributed by atoms with E-state index in [0.29, 0.717) is 5.88 Å². The van der Waals surface area contributed by atoms with Gasteiger partial charge in [0.05, 0.1) is 16.9 Å². The Balaban J connectivity index is 2.15. The number of halogens is 1.